The van der Waals surface area contributed by atoms with Gasteiger partial charge in [0.25, 0.3) is 0 Å². The van der Waals surface area contributed by atoms with Crippen molar-refractivity contribution >= 4 is 17.1 Å². The van der Waals surface area contributed by atoms with E-state index in [0.29, 0.717) is 13.0 Å². The van der Waals surface area contributed by atoms with E-state index in [9.17, 15) is 4.79 Å². The van der Waals surface area contributed by atoms with Gasteiger partial charge in [-0.3, -0.25) is 0 Å². The molecule has 0 saturated heterocycles. The van der Waals surface area contributed by atoms with Gasteiger partial charge in [-0.2, -0.15) is 0 Å². The maximum absolute atomic E-state index is 10.7. The lowest BCUT2D eigenvalue weighted by atomic mass is 10.2. The molecule has 0 unspecified atom stereocenters. The van der Waals surface area contributed by atoms with Gasteiger partial charge in [-0.15, -0.1) is 11.3 Å². The van der Waals surface area contributed by atoms with Crippen molar-refractivity contribution in [3.63, 3.8) is 0 Å². The van der Waals surface area contributed by atoms with Crippen LogP contribution in [0.15, 0.2) is 12.1 Å². The fraction of sp³-hybridized carbons (Fsp3) is 0.583. The molecule has 1 rings (SSSR count). The molecule has 15 heavy (non-hydrogen) atoms. The molecular weight excluding hydrogens is 208 g/mol. The summed E-state index contributed by atoms with van der Waals surface area (Å²) in [5, 5.41) is 0. The molecule has 0 fully saturated rings. The highest BCUT2D eigenvalue weighted by molar-refractivity contribution is 7.11. The first kappa shape index (κ1) is 12.4. The third-order valence-electron chi connectivity index (χ3n) is 2.11. The molecule has 0 aliphatic rings. The van der Waals surface area contributed by atoms with Gasteiger partial charge in [0.05, 0.1) is 6.61 Å². The summed E-state index contributed by atoms with van der Waals surface area (Å²) in [5.74, 6) is 0.267. The van der Waals surface area contributed by atoms with Crippen molar-refractivity contribution in [3.05, 3.63) is 21.9 Å². The van der Waals surface area contributed by atoms with Gasteiger partial charge in [-0.05, 0) is 38.8 Å². The Hall–Kier alpha value is -0.670. The number of Topliss-reactive ketones (excluding diaryl/α,β-unsaturated/α-hetero) is 1. The molecular formula is C12H18O2S. The molecule has 1 heterocycles. The fourth-order valence-electron chi connectivity index (χ4n) is 1.31. The lowest BCUT2D eigenvalue weighted by molar-refractivity contribution is -0.117. The van der Waals surface area contributed by atoms with Gasteiger partial charge in [0.2, 0.25) is 0 Å². The highest BCUT2D eigenvalue weighted by Gasteiger charge is 1.97. The molecule has 0 aliphatic carbocycles. The van der Waals surface area contributed by atoms with Gasteiger partial charge in [0.1, 0.15) is 5.78 Å². The topological polar surface area (TPSA) is 26.3 Å². The van der Waals surface area contributed by atoms with Gasteiger partial charge in [0.15, 0.2) is 0 Å². The van der Waals surface area contributed by atoms with Crippen molar-refractivity contribution in [1.82, 2.24) is 0 Å². The smallest absolute Gasteiger partial charge is 0.129 e. The zero-order chi connectivity index (χ0) is 11.1. The standard InChI is InChI=1S/C12H18O2S/c1-10(13)5-3-4-8-14-9-12-7-6-11(2)15-12/h6-7H,3-5,8-9H2,1-2H3. The Morgan fingerprint density at radius 3 is 2.80 bits per heavy atom. The van der Waals surface area contributed by atoms with Crippen LogP contribution in [0, 0.1) is 6.92 Å². The Morgan fingerprint density at radius 2 is 2.20 bits per heavy atom. The molecule has 3 heteroatoms. The van der Waals surface area contributed by atoms with E-state index in [0.717, 1.165) is 19.4 Å². The molecule has 0 aromatic carbocycles. The van der Waals surface area contributed by atoms with Gasteiger partial charge >= 0.3 is 0 Å². The number of carbonyl (C=O) groups excluding carboxylic acids is 1. The minimum Gasteiger partial charge on any atom is -0.376 e. The third-order valence-corrected chi connectivity index (χ3v) is 3.08. The van der Waals surface area contributed by atoms with Crippen LogP contribution in [0.1, 0.15) is 35.9 Å². The Balaban J connectivity index is 2.00. The summed E-state index contributed by atoms with van der Waals surface area (Å²) in [5.41, 5.74) is 0. The van der Waals surface area contributed by atoms with Crippen LogP contribution in [0.5, 0.6) is 0 Å². The van der Waals surface area contributed by atoms with Crippen LogP contribution in [0.2, 0.25) is 0 Å². The maximum atomic E-state index is 10.7. The largest absolute Gasteiger partial charge is 0.376 e. The van der Waals surface area contributed by atoms with Crippen molar-refractivity contribution < 1.29 is 9.53 Å². The predicted molar refractivity (Wildman–Crippen MR) is 63.2 cm³/mol. The number of thiophene rings is 1. The first-order valence-corrected chi connectivity index (χ1v) is 6.12. The van der Waals surface area contributed by atoms with E-state index >= 15 is 0 Å². The molecule has 0 atom stereocenters. The first-order valence-electron chi connectivity index (χ1n) is 5.31. The molecule has 0 saturated carbocycles. The second kappa shape index (κ2) is 6.75. The zero-order valence-corrected chi connectivity index (χ0v) is 10.2. The number of ketones is 1. The van der Waals surface area contributed by atoms with Crippen LogP contribution >= 0.6 is 11.3 Å². The summed E-state index contributed by atoms with van der Waals surface area (Å²) in [6.07, 6.45) is 2.60. The highest BCUT2D eigenvalue weighted by atomic mass is 32.1. The molecule has 0 aliphatic heterocycles. The SMILES string of the molecule is CC(=O)CCCCOCc1ccc(C)s1. The summed E-state index contributed by atoms with van der Waals surface area (Å²) >= 11 is 1.78. The van der Waals surface area contributed by atoms with Gasteiger partial charge in [-0.25, -0.2) is 0 Å². The summed E-state index contributed by atoms with van der Waals surface area (Å²) in [6.45, 7) is 5.19. The molecule has 84 valence electrons. The molecule has 1 aromatic heterocycles. The number of carbonyl (C=O) groups is 1. The van der Waals surface area contributed by atoms with Gasteiger partial charge < -0.3 is 9.53 Å². The van der Waals surface area contributed by atoms with Crippen molar-refractivity contribution in [2.45, 2.75) is 39.7 Å². The van der Waals surface area contributed by atoms with Crippen LogP contribution in [-0.4, -0.2) is 12.4 Å². The van der Waals surface area contributed by atoms with Gasteiger partial charge in [0, 0.05) is 22.8 Å². The molecule has 0 radical (unpaired) electrons. The van der Waals surface area contributed by atoms with E-state index < -0.39 is 0 Å². The number of hydrogen-bond acceptors (Lipinski definition) is 3. The quantitative estimate of drug-likeness (QED) is 0.667. The average molecular weight is 226 g/mol. The lowest BCUT2D eigenvalue weighted by Gasteiger charge is -2.01. The van der Waals surface area contributed by atoms with Gasteiger partial charge in [-0.1, -0.05) is 0 Å². The second-order valence-electron chi connectivity index (χ2n) is 3.72. The Labute approximate surface area is 95.3 Å². The number of rotatable bonds is 7. The van der Waals surface area contributed by atoms with E-state index in [1.807, 2.05) is 0 Å². The third kappa shape index (κ3) is 5.70. The summed E-state index contributed by atoms with van der Waals surface area (Å²) in [7, 11) is 0. The van der Waals surface area contributed by atoms with E-state index in [-0.39, 0.29) is 5.78 Å². The highest BCUT2D eigenvalue weighted by Crippen LogP contribution is 2.15. The molecule has 0 amide bonds. The second-order valence-corrected chi connectivity index (χ2v) is 5.10. The number of unbranched alkanes of at least 4 members (excludes halogenated alkanes) is 1. The molecule has 0 spiro atoms. The maximum Gasteiger partial charge on any atom is 0.129 e. The van der Waals surface area contributed by atoms with Crippen LogP contribution < -0.4 is 0 Å². The fourth-order valence-corrected chi connectivity index (χ4v) is 2.14. The summed E-state index contributed by atoms with van der Waals surface area (Å²) in [4.78, 5) is 13.3. The minimum absolute atomic E-state index is 0.267. The van der Waals surface area contributed by atoms with Crippen molar-refractivity contribution in [2.75, 3.05) is 6.61 Å². The number of hydrogen-bond donors (Lipinski definition) is 0. The molecule has 2 nitrogen and oxygen atoms in total. The monoisotopic (exact) mass is 226 g/mol. The first-order chi connectivity index (χ1) is 7.18. The summed E-state index contributed by atoms with van der Waals surface area (Å²) < 4.78 is 5.51. The number of aryl methyl sites for hydroxylation is 1. The normalized spacial score (nSPS) is 10.5. The predicted octanol–water partition coefficient (Wildman–Crippen LogP) is 3.33. The van der Waals surface area contributed by atoms with Crippen LogP contribution in [0.25, 0.3) is 0 Å². The minimum atomic E-state index is 0.267. The van der Waals surface area contributed by atoms with Crippen molar-refractivity contribution in [2.24, 2.45) is 0 Å². The number of ether oxygens (including phenoxy) is 1. The van der Waals surface area contributed by atoms with Crippen molar-refractivity contribution in [3.8, 4) is 0 Å². The van der Waals surface area contributed by atoms with E-state index in [4.69, 9.17) is 4.74 Å². The van der Waals surface area contributed by atoms with E-state index in [1.54, 1.807) is 18.3 Å². The van der Waals surface area contributed by atoms with Crippen LogP contribution in [0.4, 0.5) is 0 Å². The average Bonchev–Trinajstić information content (AvgIpc) is 2.57. The van der Waals surface area contributed by atoms with Crippen LogP contribution in [0.3, 0.4) is 0 Å². The molecule has 0 N–H and O–H groups in total. The van der Waals surface area contributed by atoms with E-state index in [2.05, 4.69) is 19.1 Å². The Bertz CT molecular complexity index is 304. The molecule has 0 bridgehead atoms. The Morgan fingerprint density at radius 1 is 1.40 bits per heavy atom. The van der Waals surface area contributed by atoms with Crippen LogP contribution in [-0.2, 0) is 16.1 Å². The van der Waals surface area contributed by atoms with E-state index in [1.165, 1.54) is 9.75 Å². The Kier molecular flexibility index (Phi) is 5.58. The lowest BCUT2D eigenvalue weighted by Crippen LogP contribution is -1.96. The summed E-state index contributed by atoms with van der Waals surface area (Å²) in [6, 6.07) is 4.22. The molecule has 1 aromatic rings. The zero-order valence-electron chi connectivity index (χ0n) is 9.41. The van der Waals surface area contributed by atoms with Crippen molar-refractivity contribution in [1.29, 1.82) is 0 Å².